The van der Waals surface area contributed by atoms with Gasteiger partial charge in [-0.05, 0) is 18.9 Å². The average Bonchev–Trinajstić information content (AvgIpc) is 2.29. The molecule has 0 radical (unpaired) electrons. The molecule has 0 aromatic carbocycles. The molecule has 0 fully saturated rings. The molecule has 0 spiro atoms. The third-order valence-electron chi connectivity index (χ3n) is 2.82. The summed E-state index contributed by atoms with van der Waals surface area (Å²) in [6.07, 6.45) is 2.40. The molecular formula is C11H21N. The predicted octanol–water partition coefficient (Wildman–Crippen LogP) is 2.68. The molecule has 1 aliphatic rings. The van der Waals surface area contributed by atoms with E-state index in [1.807, 2.05) is 0 Å². The van der Waals surface area contributed by atoms with Gasteiger partial charge in [-0.25, -0.2) is 0 Å². The lowest BCUT2D eigenvalue weighted by molar-refractivity contribution is 0.273. The van der Waals surface area contributed by atoms with Gasteiger partial charge in [0.2, 0.25) is 0 Å². The normalized spacial score (nSPS) is 26.1. The minimum absolute atomic E-state index is 0.351. The molecule has 0 bridgehead atoms. The number of likely N-dealkylation sites (N-methyl/N-ethyl adjacent to an activating group) is 1. The lowest BCUT2D eigenvalue weighted by atomic mass is 9.83. The van der Waals surface area contributed by atoms with E-state index in [-0.39, 0.29) is 0 Å². The van der Waals surface area contributed by atoms with Gasteiger partial charge < -0.3 is 0 Å². The quantitative estimate of drug-likeness (QED) is 0.543. The number of nitrogens with zero attached hydrogens (tertiary/aromatic N) is 1. The second-order valence-electron chi connectivity index (χ2n) is 4.67. The van der Waals surface area contributed by atoms with Gasteiger partial charge in [0.1, 0.15) is 0 Å². The van der Waals surface area contributed by atoms with Crippen molar-refractivity contribution in [1.82, 2.24) is 4.90 Å². The second-order valence-corrected chi connectivity index (χ2v) is 4.67. The highest BCUT2D eigenvalue weighted by molar-refractivity contribution is 5.22. The molecule has 0 aliphatic carbocycles. The van der Waals surface area contributed by atoms with Crippen LogP contribution < -0.4 is 0 Å². The Labute approximate surface area is 76.5 Å². The van der Waals surface area contributed by atoms with Gasteiger partial charge >= 0.3 is 0 Å². The van der Waals surface area contributed by atoms with Gasteiger partial charge in [0.05, 0.1) is 0 Å². The maximum absolute atomic E-state index is 2.50. The van der Waals surface area contributed by atoms with Crippen LogP contribution in [-0.4, -0.2) is 24.0 Å². The maximum atomic E-state index is 2.50. The molecule has 1 heteroatoms. The predicted molar refractivity (Wildman–Crippen MR) is 54.2 cm³/mol. The monoisotopic (exact) mass is 167 g/mol. The molecule has 0 aromatic rings. The molecule has 70 valence electrons. The Morgan fingerprint density at radius 3 is 2.33 bits per heavy atom. The van der Waals surface area contributed by atoms with Crippen LogP contribution in [0.1, 0.15) is 34.6 Å². The fourth-order valence-electron chi connectivity index (χ4n) is 2.08. The Morgan fingerprint density at radius 1 is 1.50 bits per heavy atom. The van der Waals surface area contributed by atoms with Crippen molar-refractivity contribution in [3.8, 4) is 0 Å². The molecule has 1 aliphatic heterocycles. The van der Waals surface area contributed by atoms with Crippen molar-refractivity contribution in [2.75, 3.05) is 13.1 Å². The zero-order chi connectivity index (χ0) is 9.35. The number of rotatable bonds is 1. The second kappa shape index (κ2) is 3.21. The van der Waals surface area contributed by atoms with E-state index >= 15 is 0 Å². The van der Waals surface area contributed by atoms with E-state index in [0.717, 1.165) is 13.1 Å². The first-order valence-corrected chi connectivity index (χ1v) is 4.91. The van der Waals surface area contributed by atoms with Crippen LogP contribution in [0, 0.1) is 5.41 Å². The van der Waals surface area contributed by atoms with Crippen LogP contribution in [0.5, 0.6) is 0 Å². The Kier molecular flexibility index (Phi) is 2.62. The fraction of sp³-hybridized carbons (Fsp3) is 0.818. The summed E-state index contributed by atoms with van der Waals surface area (Å²) in [5.41, 5.74) is 1.95. The van der Waals surface area contributed by atoms with Crippen LogP contribution in [0.15, 0.2) is 11.6 Å². The zero-order valence-electron chi connectivity index (χ0n) is 9.02. The van der Waals surface area contributed by atoms with Gasteiger partial charge in [0, 0.05) is 12.6 Å². The molecule has 0 aromatic heterocycles. The third-order valence-corrected chi connectivity index (χ3v) is 2.82. The van der Waals surface area contributed by atoms with Gasteiger partial charge in [0.25, 0.3) is 0 Å². The van der Waals surface area contributed by atoms with Gasteiger partial charge in [-0.1, -0.05) is 39.3 Å². The van der Waals surface area contributed by atoms with Gasteiger partial charge in [0.15, 0.2) is 0 Å². The van der Waals surface area contributed by atoms with E-state index < -0.39 is 0 Å². The summed E-state index contributed by atoms with van der Waals surface area (Å²) in [6, 6.07) is 0.648. The lowest BCUT2D eigenvalue weighted by Gasteiger charge is -2.29. The molecular weight excluding hydrogens is 146 g/mol. The highest BCUT2D eigenvalue weighted by atomic mass is 15.2. The first-order valence-electron chi connectivity index (χ1n) is 4.91. The van der Waals surface area contributed by atoms with Crippen molar-refractivity contribution in [2.24, 2.45) is 5.41 Å². The standard InChI is InChI=1S/C11H21N/c1-6-12-8-7-10(9(12)2)11(3,4)5/h7,9H,6,8H2,1-5H3/t9-/m1/s1. The number of hydrogen-bond donors (Lipinski definition) is 0. The maximum Gasteiger partial charge on any atom is 0.0288 e. The summed E-state index contributed by atoms with van der Waals surface area (Å²) < 4.78 is 0. The summed E-state index contributed by atoms with van der Waals surface area (Å²) in [5, 5.41) is 0. The van der Waals surface area contributed by atoms with Crippen molar-refractivity contribution >= 4 is 0 Å². The topological polar surface area (TPSA) is 3.24 Å². The van der Waals surface area contributed by atoms with Crippen LogP contribution in [0.25, 0.3) is 0 Å². The summed E-state index contributed by atoms with van der Waals surface area (Å²) in [6.45, 7) is 13.8. The summed E-state index contributed by atoms with van der Waals surface area (Å²) >= 11 is 0. The van der Waals surface area contributed by atoms with Crippen LogP contribution in [0.2, 0.25) is 0 Å². The van der Waals surface area contributed by atoms with E-state index in [9.17, 15) is 0 Å². The summed E-state index contributed by atoms with van der Waals surface area (Å²) in [5.74, 6) is 0. The third kappa shape index (κ3) is 1.71. The number of hydrogen-bond acceptors (Lipinski definition) is 1. The van der Waals surface area contributed by atoms with Gasteiger partial charge in [-0.15, -0.1) is 0 Å². The van der Waals surface area contributed by atoms with Gasteiger partial charge in [-0.3, -0.25) is 4.90 Å². The Bertz CT molecular complexity index is 186. The van der Waals surface area contributed by atoms with Crippen molar-refractivity contribution in [3.63, 3.8) is 0 Å². The molecule has 1 nitrogen and oxygen atoms in total. The van der Waals surface area contributed by atoms with E-state index in [1.165, 1.54) is 0 Å². The first-order chi connectivity index (χ1) is 5.46. The molecule has 0 saturated carbocycles. The molecule has 1 heterocycles. The van der Waals surface area contributed by atoms with Gasteiger partial charge in [-0.2, -0.15) is 0 Å². The van der Waals surface area contributed by atoms with Crippen LogP contribution >= 0.6 is 0 Å². The summed E-state index contributed by atoms with van der Waals surface area (Å²) in [4.78, 5) is 2.50. The average molecular weight is 167 g/mol. The summed E-state index contributed by atoms with van der Waals surface area (Å²) in [7, 11) is 0. The Balaban J connectivity index is 2.71. The fourth-order valence-corrected chi connectivity index (χ4v) is 2.08. The van der Waals surface area contributed by atoms with Crippen molar-refractivity contribution in [3.05, 3.63) is 11.6 Å². The minimum atomic E-state index is 0.351. The van der Waals surface area contributed by atoms with Crippen molar-refractivity contribution < 1.29 is 0 Å². The zero-order valence-corrected chi connectivity index (χ0v) is 9.02. The van der Waals surface area contributed by atoms with E-state index in [4.69, 9.17) is 0 Å². The lowest BCUT2D eigenvalue weighted by Crippen LogP contribution is -2.32. The molecule has 1 atom stereocenters. The Morgan fingerprint density at radius 2 is 2.08 bits per heavy atom. The van der Waals surface area contributed by atoms with Crippen LogP contribution in [0.3, 0.4) is 0 Å². The van der Waals surface area contributed by atoms with E-state index in [1.54, 1.807) is 5.57 Å². The SMILES string of the molecule is CCN1CC=C(C(C)(C)C)[C@H]1C. The largest absolute Gasteiger partial charge is 0.294 e. The Hall–Kier alpha value is -0.300. The first kappa shape index (κ1) is 9.79. The smallest absolute Gasteiger partial charge is 0.0288 e. The highest BCUT2D eigenvalue weighted by Crippen LogP contribution is 2.33. The molecule has 1 rings (SSSR count). The van der Waals surface area contributed by atoms with E-state index in [2.05, 4.69) is 45.6 Å². The highest BCUT2D eigenvalue weighted by Gasteiger charge is 2.29. The molecule has 0 amide bonds. The molecule has 0 unspecified atom stereocenters. The van der Waals surface area contributed by atoms with Crippen molar-refractivity contribution in [2.45, 2.75) is 40.7 Å². The molecule has 0 N–H and O–H groups in total. The van der Waals surface area contributed by atoms with Crippen LogP contribution in [-0.2, 0) is 0 Å². The van der Waals surface area contributed by atoms with E-state index in [0.29, 0.717) is 11.5 Å². The van der Waals surface area contributed by atoms with Crippen LogP contribution in [0.4, 0.5) is 0 Å². The molecule has 0 saturated heterocycles. The minimum Gasteiger partial charge on any atom is -0.294 e. The molecule has 12 heavy (non-hydrogen) atoms. The van der Waals surface area contributed by atoms with Crippen molar-refractivity contribution in [1.29, 1.82) is 0 Å².